The van der Waals surface area contributed by atoms with Gasteiger partial charge in [0.05, 0.1) is 0 Å². The number of benzene rings is 8. The van der Waals surface area contributed by atoms with Gasteiger partial charge in [-0.25, -0.2) is 15.0 Å². The van der Waals surface area contributed by atoms with Gasteiger partial charge < -0.3 is 8.83 Å². The Kier molecular flexibility index (Phi) is 7.42. The van der Waals surface area contributed by atoms with E-state index in [9.17, 15) is 0 Å². The maximum Gasteiger partial charge on any atom is 0.164 e. The monoisotopic (exact) mass is 717 g/mol. The molecule has 0 saturated heterocycles. The molecule has 0 saturated carbocycles. The van der Waals surface area contributed by atoms with Gasteiger partial charge in [-0.1, -0.05) is 133 Å². The summed E-state index contributed by atoms with van der Waals surface area (Å²) in [5.74, 6) is 1.79. The zero-order chi connectivity index (χ0) is 37.0. The van der Waals surface area contributed by atoms with Crippen LogP contribution in [0.25, 0.3) is 111 Å². The van der Waals surface area contributed by atoms with Crippen LogP contribution in [0.2, 0.25) is 0 Å². The number of hydrogen-bond acceptors (Lipinski definition) is 5. The van der Waals surface area contributed by atoms with E-state index in [1.165, 1.54) is 0 Å². The summed E-state index contributed by atoms with van der Waals surface area (Å²) >= 11 is 0. The van der Waals surface area contributed by atoms with Gasteiger partial charge in [0.15, 0.2) is 17.5 Å². The Hall–Kier alpha value is -7.63. The number of aromatic nitrogens is 3. The van der Waals surface area contributed by atoms with Crippen LogP contribution in [0.3, 0.4) is 0 Å². The lowest BCUT2D eigenvalue weighted by atomic mass is 9.93. The Bertz CT molecular complexity index is 3250. The highest BCUT2D eigenvalue weighted by Crippen LogP contribution is 2.41. The summed E-state index contributed by atoms with van der Waals surface area (Å²) < 4.78 is 12.7. The average Bonchev–Trinajstić information content (AvgIpc) is 3.85. The SMILES string of the molecule is c1ccc(-c2cccc(-c3nc(-c4ccccc4)nc(-c4cc(-c5ccc6c(c5)oc5ccccc56)cc(-c5cccc6oc7ccccc7c56)c4)n3)c2)cc1. The van der Waals surface area contributed by atoms with Gasteiger partial charge in [-0.2, -0.15) is 0 Å². The molecule has 11 aromatic rings. The zero-order valence-corrected chi connectivity index (χ0v) is 30.1. The minimum Gasteiger partial charge on any atom is -0.456 e. The van der Waals surface area contributed by atoms with E-state index < -0.39 is 0 Å². The summed E-state index contributed by atoms with van der Waals surface area (Å²) in [5, 5.41) is 4.33. The van der Waals surface area contributed by atoms with Crippen LogP contribution in [-0.4, -0.2) is 15.0 Å². The third-order valence-electron chi connectivity index (χ3n) is 10.5. The van der Waals surface area contributed by atoms with Crippen molar-refractivity contribution < 1.29 is 8.83 Å². The molecule has 262 valence electrons. The second-order valence-electron chi connectivity index (χ2n) is 14.0. The fraction of sp³-hybridized carbons (Fsp3) is 0. The molecule has 5 heteroatoms. The summed E-state index contributed by atoms with van der Waals surface area (Å²) in [6, 6.07) is 64.6. The second-order valence-corrected chi connectivity index (χ2v) is 14.0. The largest absolute Gasteiger partial charge is 0.456 e. The van der Waals surface area contributed by atoms with Crippen molar-refractivity contribution in [3.05, 3.63) is 188 Å². The van der Waals surface area contributed by atoms with Crippen molar-refractivity contribution in [2.75, 3.05) is 0 Å². The highest BCUT2D eigenvalue weighted by molar-refractivity contribution is 6.13. The maximum atomic E-state index is 6.37. The van der Waals surface area contributed by atoms with Crippen molar-refractivity contribution in [3.8, 4) is 67.5 Å². The number of fused-ring (bicyclic) bond motifs is 6. The van der Waals surface area contributed by atoms with E-state index in [1.54, 1.807) is 0 Å². The predicted octanol–water partition coefficient (Wildman–Crippen LogP) is 13.7. The number of hydrogen-bond donors (Lipinski definition) is 0. The lowest BCUT2D eigenvalue weighted by Gasteiger charge is -2.13. The summed E-state index contributed by atoms with van der Waals surface area (Å²) in [5.41, 5.74) is 12.4. The summed E-state index contributed by atoms with van der Waals surface area (Å²) in [7, 11) is 0. The van der Waals surface area contributed by atoms with Gasteiger partial charge in [-0.15, -0.1) is 0 Å². The van der Waals surface area contributed by atoms with Gasteiger partial charge in [-0.3, -0.25) is 0 Å². The Morgan fingerprint density at radius 1 is 0.268 bits per heavy atom. The Morgan fingerprint density at radius 3 is 1.57 bits per heavy atom. The van der Waals surface area contributed by atoms with Crippen LogP contribution in [-0.2, 0) is 0 Å². The molecule has 5 nitrogen and oxygen atoms in total. The maximum absolute atomic E-state index is 6.37. The molecule has 0 atom stereocenters. The van der Waals surface area contributed by atoms with E-state index in [-0.39, 0.29) is 0 Å². The first-order valence-corrected chi connectivity index (χ1v) is 18.7. The predicted molar refractivity (Wildman–Crippen MR) is 227 cm³/mol. The fourth-order valence-electron chi connectivity index (χ4n) is 7.82. The molecule has 0 aliphatic heterocycles. The van der Waals surface area contributed by atoms with Gasteiger partial charge in [0.25, 0.3) is 0 Å². The molecule has 0 unspecified atom stereocenters. The summed E-state index contributed by atoms with van der Waals surface area (Å²) in [4.78, 5) is 15.5. The topological polar surface area (TPSA) is 65.0 Å². The average molecular weight is 718 g/mol. The molecule has 8 aromatic carbocycles. The molecule has 0 spiro atoms. The summed E-state index contributed by atoms with van der Waals surface area (Å²) in [6.07, 6.45) is 0. The Balaban J connectivity index is 1.15. The molecule has 0 amide bonds. The number of rotatable bonds is 6. The summed E-state index contributed by atoms with van der Waals surface area (Å²) in [6.45, 7) is 0. The second kappa shape index (κ2) is 13.0. The van der Waals surface area contributed by atoms with Crippen molar-refractivity contribution in [2.24, 2.45) is 0 Å². The third kappa shape index (κ3) is 5.53. The Labute approximate surface area is 322 Å². The molecule has 0 radical (unpaired) electrons. The lowest BCUT2D eigenvalue weighted by Crippen LogP contribution is -2.00. The molecule has 11 rings (SSSR count). The van der Waals surface area contributed by atoms with Crippen LogP contribution in [0.4, 0.5) is 0 Å². The highest BCUT2D eigenvalue weighted by atomic mass is 16.3. The van der Waals surface area contributed by atoms with E-state index in [4.69, 9.17) is 23.8 Å². The van der Waals surface area contributed by atoms with Crippen LogP contribution in [0.15, 0.2) is 197 Å². The number of nitrogens with zero attached hydrogens (tertiary/aromatic N) is 3. The fourth-order valence-corrected chi connectivity index (χ4v) is 7.82. The van der Waals surface area contributed by atoms with Crippen LogP contribution in [0.1, 0.15) is 0 Å². The molecule has 0 bridgehead atoms. The van der Waals surface area contributed by atoms with E-state index >= 15 is 0 Å². The van der Waals surface area contributed by atoms with Gasteiger partial charge in [0.1, 0.15) is 22.3 Å². The molecule has 56 heavy (non-hydrogen) atoms. The van der Waals surface area contributed by atoms with Gasteiger partial charge >= 0.3 is 0 Å². The van der Waals surface area contributed by atoms with Crippen molar-refractivity contribution in [1.82, 2.24) is 15.0 Å². The molecule has 0 N–H and O–H groups in total. The lowest BCUT2D eigenvalue weighted by molar-refractivity contribution is 0.668. The highest BCUT2D eigenvalue weighted by Gasteiger charge is 2.18. The molecular formula is C51H31N3O2. The Morgan fingerprint density at radius 2 is 0.768 bits per heavy atom. The third-order valence-corrected chi connectivity index (χ3v) is 10.5. The molecular weight excluding hydrogens is 687 g/mol. The van der Waals surface area contributed by atoms with E-state index in [0.717, 1.165) is 93.9 Å². The van der Waals surface area contributed by atoms with Crippen molar-refractivity contribution in [2.45, 2.75) is 0 Å². The quantitative estimate of drug-likeness (QED) is 0.171. The van der Waals surface area contributed by atoms with Gasteiger partial charge in [-0.05, 0) is 88.0 Å². The standard InChI is InChI=1S/C51H31N3O2/c1-3-13-32(14-4-1)34-17-11-18-36(27-34)50-52-49(33-15-5-2-6-16-33)53-51(54-50)39-29-37(35-25-26-42-41-19-7-9-22-44(41)56-47(42)31-35)28-38(30-39)40-21-12-24-46-48(40)43-20-8-10-23-45(43)55-46/h1-31H. The first-order chi connectivity index (χ1) is 27.7. The minimum atomic E-state index is 0.580. The van der Waals surface area contributed by atoms with Crippen molar-refractivity contribution >= 4 is 43.9 Å². The first kappa shape index (κ1) is 31.9. The normalized spacial score (nSPS) is 11.6. The van der Waals surface area contributed by atoms with Gasteiger partial charge in [0.2, 0.25) is 0 Å². The first-order valence-electron chi connectivity index (χ1n) is 18.7. The van der Waals surface area contributed by atoms with Crippen LogP contribution < -0.4 is 0 Å². The molecule has 3 heterocycles. The van der Waals surface area contributed by atoms with Crippen LogP contribution in [0.5, 0.6) is 0 Å². The molecule has 0 fully saturated rings. The molecule has 0 aliphatic rings. The van der Waals surface area contributed by atoms with Crippen LogP contribution in [0, 0.1) is 0 Å². The van der Waals surface area contributed by atoms with E-state index in [0.29, 0.717) is 17.5 Å². The van der Waals surface area contributed by atoms with Crippen LogP contribution >= 0.6 is 0 Å². The smallest absolute Gasteiger partial charge is 0.164 e. The van der Waals surface area contributed by atoms with E-state index in [2.05, 4.69) is 115 Å². The van der Waals surface area contributed by atoms with Crippen molar-refractivity contribution in [1.29, 1.82) is 0 Å². The van der Waals surface area contributed by atoms with Gasteiger partial charge in [0, 0.05) is 38.2 Å². The zero-order valence-electron chi connectivity index (χ0n) is 30.1. The molecule has 3 aromatic heterocycles. The molecule has 0 aliphatic carbocycles. The minimum absolute atomic E-state index is 0.580. The van der Waals surface area contributed by atoms with Crippen molar-refractivity contribution in [3.63, 3.8) is 0 Å². The number of para-hydroxylation sites is 2. The van der Waals surface area contributed by atoms with E-state index in [1.807, 2.05) is 72.8 Å². The number of furan rings is 2.